The van der Waals surface area contributed by atoms with Crippen molar-refractivity contribution in [2.24, 2.45) is 0 Å². The number of amides is 1. The molecule has 1 heterocycles. The second-order valence-electron chi connectivity index (χ2n) is 4.67. The molecule has 1 fully saturated rings. The molecule has 116 valence electrons. The highest BCUT2D eigenvalue weighted by Gasteiger charge is 2.33. The van der Waals surface area contributed by atoms with Gasteiger partial charge in [0.25, 0.3) is 5.91 Å². The van der Waals surface area contributed by atoms with Crippen molar-refractivity contribution >= 4 is 69.2 Å². The molecule has 2 aromatic carbocycles. The molecule has 0 aromatic heterocycles. The number of thiocarbonyl (C=S) groups is 1. The van der Waals surface area contributed by atoms with E-state index >= 15 is 0 Å². The first-order chi connectivity index (χ1) is 11.0. The molecule has 1 aliphatic heterocycles. The zero-order valence-electron chi connectivity index (χ0n) is 11.4. The highest BCUT2D eigenvalue weighted by atomic mass is 35.5. The number of thioether (sulfide) groups is 1. The Kier molecular flexibility index (Phi) is 4.73. The standard InChI is InChI=1S/C16H8Cl2FNOS2/c17-12-5-4-11(8-13(12)18)20-15(21)14(23-16(20)22)7-9-2-1-3-10(19)6-9/h1-8H. The molecule has 0 saturated carbocycles. The number of hydrogen-bond donors (Lipinski definition) is 0. The van der Waals surface area contributed by atoms with Gasteiger partial charge in [-0.15, -0.1) is 0 Å². The summed E-state index contributed by atoms with van der Waals surface area (Å²) in [5.41, 5.74) is 1.14. The van der Waals surface area contributed by atoms with E-state index in [4.69, 9.17) is 35.4 Å². The van der Waals surface area contributed by atoms with E-state index in [9.17, 15) is 9.18 Å². The first-order valence-electron chi connectivity index (χ1n) is 6.44. The van der Waals surface area contributed by atoms with Gasteiger partial charge < -0.3 is 0 Å². The largest absolute Gasteiger partial charge is 0.270 e. The van der Waals surface area contributed by atoms with Crippen LogP contribution in [0.2, 0.25) is 10.0 Å². The molecule has 1 saturated heterocycles. The van der Waals surface area contributed by atoms with Gasteiger partial charge in [-0.05, 0) is 42.0 Å². The summed E-state index contributed by atoms with van der Waals surface area (Å²) in [6.45, 7) is 0. The van der Waals surface area contributed by atoms with Gasteiger partial charge in [0.2, 0.25) is 0 Å². The third-order valence-corrected chi connectivity index (χ3v) is 5.14. The Labute approximate surface area is 151 Å². The molecule has 0 N–H and O–H groups in total. The zero-order chi connectivity index (χ0) is 16.6. The van der Waals surface area contributed by atoms with Gasteiger partial charge in [-0.3, -0.25) is 9.69 Å². The summed E-state index contributed by atoms with van der Waals surface area (Å²) in [5, 5.41) is 0.739. The van der Waals surface area contributed by atoms with Crippen LogP contribution in [0.25, 0.3) is 6.08 Å². The van der Waals surface area contributed by atoms with Crippen molar-refractivity contribution in [2.45, 2.75) is 0 Å². The summed E-state index contributed by atoms with van der Waals surface area (Å²) in [6, 6.07) is 10.9. The van der Waals surface area contributed by atoms with E-state index in [-0.39, 0.29) is 11.7 Å². The van der Waals surface area contributed by atoms with Crippen molar-refractivity contribution in [3.05, 3.63) is 68.8 Å². The predicted molar refractivity (Wildman–Crippen MR) is 98.5 cm³/mol. The third-order valence-electron chi connectivity index (χ3n) is 3.10. The molecule has 0 aliphatic carbocycles. The number of hydrogen-bond acceptors (Lipinski definition) is 3. The number of nitrogens with zero attached hydrogens (tertiary/aromatic N) is 1. The fraction of sp³-hybridized carbons (Fsp3) is 0. The van der Waals surface area contributed by atoms with E-state index in [0.717, 1.165) is 11.8 Å². The van der Waals surface area contributed by atoms with Gasteiger partial charge >= 0.3 is 0 Å². The topological polar surface area (TPSA) is 20.3 Å². The van der Waals surface area contributed by atoms with Gasteiger partial charge in [-0.1, -0.05) is 59.3 Å². The second kappa shape index (κ2) is 6.61. The molecule has 0 bridgehead atoms. The summed E-state index contributed by atoms with van der Waals surface area (Å²) in [5.74, 6) is -0.638. The molecular weight excluding hydrogens is 376 g/mol. The summed E-state index contributed by atoms with van der Waals surface area (Å²) >= 11 is 18.3. The second-order valence-corrected chi connectivity index (χ2v) is 7.16. The maximum absolute atomic E-state index is 13.3. The third kappa shape index (κ3) is 3.43. The van der Waals surface area contributed by atoms with Crippen molar-refractivity contribution in [3.63, 3.8) is 0 Å². The van der Waals surface area contributed by atoms with E-state index in [2.05, 4.69) is 0 Å². The molecule has 0 spiro atoms. The Morgan fingerprint density at radius 1 is 1.13 bits per heavy atom. The molecule has 0 atom stereocenters. The first kappa shape index (κ1) is 16.5. The summed E-state index contributed by atoms with van der Waals surface area (Å²) < 4.78 is 13.6. The van der Waals surface area contributed by atoms with Crippen LogP contribution >= 0.6 is 47.2 Å². The maximum Gasteiger partial charge on any atom is 0.270 e. The van der Waals surface area contributed by atoms with Gasteiger partial charge in [0.15, 0.2) is 4.32 Å². The maximum atomic E-state index is 13.3. The fourth-order valence-corrected chi connectivity index (χ4v) is 3.65. The molecular formula is C16H8Cl2FNOS2. The van der Waals surface area contributed by atoms with Crippen LogP contribution in [0.15, 0.2) is 47.4 Å². The Morgan fingerprint density at radius 2 is 1.91 bits per heavy atom. The zero-order valence-corrected chi connectivity index (χ0v) is 14.6. The molecule has 3 rings (SSSR count). The Hall–Kier alpha value is -1.40. The molecule has 2 nitrogen and oxygen atoms in total. The molecule has 0 radical (unpaired) electrons. The monoisotopic (exact) mass is 383 g/mol. The van der Waals surface area contributed by atoms with Gasteiger partial charge in [-0.25, -0.2) is 4.39 Å². The van der Waals surface area contributed by atoms with Crippen LogP contribution in [0.3, 0.4) is 0 Å². The minimum Gasteiger partial charge on any atom is -0.268 e. The van der Waals surface area contributed by atoms with Crippen LogP contribution in [-0.4, -0.2) is 10.2 Å². The summed E-state index contributed by atoms with van der Waals surface area (Å²) in [4.78, 5) is 14.4. The lowest BCUT2D eigenvalue weighted by atomic mass is 10.2. The highest BCUT2D eigenvalue weighted by Crippen LogP contribution is 2.37. The average molecular weight is 384 g/mol. The number of rotatable bonds is 2. The van der Waals surface area contributed by atoms with Gasteiger partial charge in [0, 0.05) is 0 Å². The summed E-state index contributed by atoms with van der Waals surface area (Å²) in [7, 11) is 0. The van der Waals surface area contributed by atoms with Crippen molar-refractivity contribution in [1.29, 1.82) is 0 Å². The van der Waals surface area contributed by atoms with Crippen LogP contribution < -0.4 is 4.90 Å². The lowest BCUT2D eigenvalue weighted by Gasteiger charge is -2.15. The molecule has 7 heteroatoms. The number of halogens is 3. The van der Waals surface area contributed by atoms with Crippen molar-refractivity contribution < 1.29 is 9.18 Å². The lowest BCUT2D eigenvalue weighted by Crippen LogP contribution is -2.27. The fourth-order valence-electron chi connectivity index (χ4n) is 2.06. The number of benzene rings is 2. The quantitative estimate of drug-likeness (QED) is 0.501. The predicted octanol–water partition coefficient (Wildman–Crippen LogP) is 5.54. The SMILES string of the molecule is O=C1C(=Cc2cccc(F)c2)SC(=S)N1c1ccc(Cl)c(Cl)c1. The van der Waals surface area contributed by atoms with E-state index in [1.54, 1.807) is 36.4 Å². The Morgan fingerprint density at radius 3 is 2.61 bits per heavy atom. The smallest absolute Gasteiger partial charge is 0.268 e. The number of carbonyl (C=O) groups excluding carboxylic acids is 1. The van der Waals surface area contributed by atoms with E-state index in [0.29, 0.717) is 30.5 Å². The van der Waals surface area contributed by atoms with Crippen molar-refractivity contribution in [1.82, 2.24) is 0 Å². The van der Waals surface area contributed by atoms with E-state index < -0.39 is 0 Å². The number of carbonyl (C=O) groups is 1. The van der Waals surface area contributed by atoms with Gasteiger partial charge in [0.1, 0.15) is 5.82 Å². The van der Waals surface area contributed by atoms with E-state index in [1.165, 1.54) is 17.0 Å². The highest BCUT2D eigenvalue weighted by molar-refractivity contribution is 8.27. The van der Waals surface area contributed by atoms with Gasteiger partial charge in [-0.2, -0.15) is 0 Å². The molecule has 2 aromatic rings. The first-order valence-corrected chi connectivity index (χ1v) is 8.42. The summed E-state index contributed by atoms with van der Waals surface area (Å²) in [6.07, 6.45) is 1.61. The van der Waals surface area contributed by atoms with Crippen LogP contribution in [0.1, 0.15) is 5.56 Å². The van der Waals surface area contributed by atoms with E-state index in [1.807, 2.05) is 0 Å². The van der Waals surface area contributed by atoms with Gasteiger partial charge in [0.05, 0.1) is 20.6 Å². The lowest BCUT2D eigenvalue weighted by molar-refractivity contribution is -0.113. The molecule has 1 aliphatic rings. The normalized spacial score (nSPS) is 16.5. The van der Waals surface area contributed by atoms with Crippen LogP contribution in [0.4, 0.5) is 10.1 Å². The molecule has 1 amide bonds. The average Bonchev–Trinajstić information content (AvgIpc) is 2.77. The molecule has 23 heavy (non-hydrogen) atoms. The Balaban J connectivity index is 1.95. The number of anilines is 1. The minimum absolute atomic E-state index is 0.275. The Bertz CT molecular complexity index is 854. The molecule has 0 unspecified atom stereocenters. The van der Waals surface area contributed by atoms with Crippen molar-refractivity contribution in [3.8, 4) is 0 Å². The minimum atomic E-state index is -0.362. The van der Waals surface area contributed by atoms with Crippen LogP contribution in [-0.2, 0) is 4.79 Å². The van der Waals surface area contributed by atoms with Crippen molar-refractivity contribution in [2.75, 3.05) is 4.90 Å². The van der Waals surface area contributed by atoms with Crippen LogP contribution in [0, 0.1) is 5.82 Å². The van der Waals surface area contributed by atoms with Crippen LogP contribution in [0.5, 0.6) is 0 Å².